The van der Waals surface area contributed by atoms with E-state index < -0.39 is 23.3 Å². The Balaban J connectivity index is 2.09. The molecule has 27 heavy (non-hydrogen) atoms. The van der Waals surface area contributed by atoms with Gasteiger partial charge < -0.3 is 10.0 Å². The second-order valence-corrected chi connectivity index (χ2v) is 6.82. The number of aliphatic hydroxyl groups excluding tert-OH is 1. The number of Topliss-reactive ketones (excluding diaryl/α,β-unsaturated/α-hetero) is 1. The maximum absolute atomic E-state index is 13.0. The van der Waals surface area contributed by atoms with Crippen LogP contribution in [0.25, 0.3) is 16.5 Å². The molecule has 0 spiro atoms. The maximum Gasteiger partial charge on any atom is 0.454 e. The number of nitrogens with zero attached hydrogens (tertiary/aromatic N) is 1. The van der Waals surface area contributed by atoms with Crippen LogP contribution in [0, 0.1) is 0 Å². The van der Waals surface area contributed by atoms with Crippen LogP contribution in [0.1, 0.15) is 38.2 Å². The lowest BCUT2D eigenvalue weighted by atomic mass is 9.93. The number of benzene rings is 2. The van der Waals surface area contributed by atoms with E-state index in [0.717, 1.165) is 36.5 Å². The van der Waals surface area contributed by atoms with Crippen molar-refractivity contribution in [2.75, 3.05) is 18.0 Å². The topological polar surface area (TPSA) is 40.5 Å². The summed E-state index contributed by atoms with van der Waals surface area (Å²) >= 11 is 0. The molecule has 0 radical (unpaired) electrons. The minimum absolute atomic E-state index is 0.239. The zero-order valence-corrected chi connectivity index (χ0v) is 15.1. The monoisotopic (exact) mass is 377 g/mol. The summed E-state index contributed by atoms with van der Waals surface area (Å²) in [6.45, 7) is 2.38. The Morgan fingerprint density at radius 1 is 1.11 bits per heavy atom. The summed E-state index contributed by atoms with van der Waals surface area (Å²) in [4.78, 5) is 13.7. The molecule has 0 bridgehead atoms. The van der Waals surface area contributed by atoms with Crippen LogP contribution < -0.4 is 4.90 Å². The van der Waals surface area contributed by atoms with E-state index in [1.165, 1.54) is 0 Å². The molecule has 0 aromatic heterocycles. The highest BCUT2D eigenvalue weighted by Crippen LogP contribution is 2.40. The van der Waals surface area contributed by atoms with E-state index in [9.17, 15) is 23.1 Å². The second-order valence-electron chi connectivity index (χ2n) is 6.82. The number of fused-ring (bicyclic) bond motifs is 3. The number of hydrogen-bond acceptors (Lipinski definition) is 3. The Morgan fingerprint density at radius 2 is 1.85 bits per heavy atom. The summed E-state index contributed by atoms with van der Waals surface area (Å²) in [7, 11) is 0. The Morgan fingerprint density at radius 3 is 2.56 bits per heavy atom. The molecule has 3 rings (SSSR count). The van der Waals surface area contributed by atoms with Crippen LogP contribution in [0.4, 0.5) is 18.9 Å². The first-order valence-corrected chi connectivity index (χ1v) is 9.15. The molecular weight excluding hydrogens is 355 g/mol. The molecule has 1 aliphatic rings. The van der Waals surface area contributed by atoms with Gasteiger partial charge in [-0.2, -0.15) is 13.2 Å². The first kappa shape index (κ1) is 19.3. The average Bonchev–Trinajstić information content (AvgIpc) is 2.65. The van der Waals surface area contributed by atoms with Crippen molar-refractivity contribution >= 4 is 28.0 Å². The zero-order valence-electron chi connectivity index (χ0n) is 15.1. The van der Waals surface area contributed by atoms with E-state index >= 15 is 0 Å². The van der Waals surface area contributed by atoms with E-state index in [0.29, 0.717) is 12.2 Å². The Bertz CT molecular complexity index is 887. The van der Waals surface area contributed by atoms with Crippen molar-refractivity contribution < 1.29 is 23.1 Å². The van der Waals surface area contributed by atoms with Crippen LogP contribution in [-0.4, -0.2) is 30.2 Å². The molecule has 2 aromatic rings. The predicted molar refractivity (Wildman–Crippen MR) is 101 cm³/mol. The van der Waals surface area contributed by atoms with Crippen LogP contribution >= 0.6 is 0 Å². The van der Waals surface area contributed by atoms with Crippen molar-refractivity contribution in [2.24, 2.45) is 0 Å². The van der Waals surface area contributed by atoms with Gasteiger partial charge in [0.2, 0.25) is 0 Å². The Labute approximate surface area is 156 Å². The van der Waals surface area contributed by atoms with E-state index in [1.807, 2.05) is 24.3 Å². The Kier molecular flexibility index (Phi) is 5.44. The number of carbonyl (C=O) groups is 1. The third-order valence-electron chi connectivity index (χ3n) is 4.92. The van der Waals surface area contributed by atoms with Crippen molar-refractivity contribution in [1.29, 1.82) is 0 Å². The number of ketones is 1. The van der Waals surface area contributed by atoms with Crippen LogP contribution in [0.5, 0.6) is 0 Å². The van der Waals surface area contributed by atoms with Gasteiger partial charge in [-0.1, -0.05) is 56.5 Å². The molecule has 1 aliphatic heterocycles. The molecule has 6 heteroatoms. The van der Waals surface area contributed by atoms with Gasteiger partial charge in [0.15, 0.2) is 0 Å². The van der Waals surface area contributed by atoms with Gasteiger partial charge in [0, 0.05) is 17.5 Å². The lowest BCUT2D eigenvalue weighted by molar-refractivity contribution is -0.166. The van der Waals surface area contributed by atoms with Gasteiger partial charge in [0.1, 0.15) is 5.76 Å². The Hall–Kier alpha value is -2.50. The van der Waals surface area contributed by atoms with Crippen LogP contribution in [0.15, 0.2) is 42.0 Å². The lowest BCUT2D eigenvalue weighted by Crippen LogP contribution is -2.37. The fourth-order valence-corrected chi connectivity index (χ4v) is 3.56. The largest absolute Gasteiger partial charge is 0.507 e. The SMILES string of the molecule is CCCCCCN1CC(C(=O)C(F)(F)F)=C(O)c2ccc3ccccc3c21. The number of alkyl halides is 3. The van der Waals surface area contributed by atoms with E-state index in [1.54, 1.807) is 17.0 Å². The number of aliphatic hydroxyl groups is 1. The maximum atomic E-state index is 13.0. The molecule has 0 saturated heterocycles. The predicted octanol–water partition coefficient (Wildman–Crippen LogP) is 5.64. The summed E-state index contributed by atoms with van der Waals surface area (Å²) in [6.07, 6.45) is -1.13. The molecule has 1 heterocycles. The van der Waals surface area contributed by atoms with Crippen molar-refractivity contribution in [2.45, 2.75) is 38.8 Å². The van der Waals surface area contributed by atoms with Gasteiger partial charge in [-0.25, -0.2) is 0 Å². The molecule has 0 aliphatic carbocycles. The van der Waals surface area contributed by atoms with Crippen molar-refractivity contribution in [3.05, 3.63) is 47.5 Å². The van der Waals surface area contributed by atoms with E-state index in [2.05, 4.69) is 6.92 Å². The fourth-order valence-electron chi connectivity index (χ4n) is 3.56. The normalized spacial score (nSPS) is 14.6. The highest BCUT2D eigenvalue weighted by Gasteiger charge is 2.44. The third-order valence-corrected chi connectivity index (χ3v) is 4.92. The molecule has 144 valence electrons. The minimum atomic E-state index is -5.01. The summed E-state index contributed by atoms with van der Waals surface area (Å²) in [5.74, 6) is -2.54. The third kappa shape index (κ3) is 3.80. The number of unbranched alkanes of at least 4 members (excludes halogenated alkanes) is 3. The summed E-state index contributed by atoms with van der Waals surface area (Å²) in [6, 6.07) is 10.9. The average molecular weight is 377 g/mol. The van der Waals surface area contributed by atoms with Gasteiger partial charge in [-0.3, -0.25) is 4.79 Å². The molecule has 0 atom stereocenters. The molecule has 0 unspecified atom stereocenters. The summed E-state index contributed by atoms with van der Waals surface area (Å²) < 4.78 is 39.0. The summed E-state index contributed by atoms with van der Waals surface area (Å²) in [5.41, 5.74) is 0.393. The number of halogens is 3. The quantitative estimate of drug-likeness (QED) is 0.662. The lowest BCUT2D eigenvalue weighted by Gasteiger charge is -2.33. The molecule has 0 fully saturated rings. The molecule has 1 N–H and O–H groups in total. The number of anilines is 1. The van der Waals surface area contributed by atoms with Gasteiger partial charge in [-0.05, 0) is 17.9 Å². The minimum Gasteiger partial charge on any atom is -0.507 e. The van der Waals surface area contributed by atoms with Gasteiger partial charge in [0.05, 0.1) is 17.8 Å². The summed E-state index contributed by atoms with van der Waals surface area (Å²) in [5, 5.41) is 12.3. The highest BCUT2D eigenvalue weighted by molar-refractivity contribution is 6.10. The number of rotatable bonds is 6. The van der Waals surface area contributed by atoms with Gasteiger partial charge >= 0.3 is 6.18 Å². The van der Waals surface area contributed by atoms with Crippen LogP contribution in [-0.2, 0) is 4.79 Å². The smallest absolute Gasteiger partial charge is 0.454 e. The van der Waals surface area contributed by atoms with Gasteiger partial charge in [0.25, 0.3) is 5.78 Å². The van der Waals surface area contributed by atoms with Crippen LogP contribution in [0.3, 0.4) is 0 Å². The highest BCUT2D eigenvalue weighted by atomic mass is 19.4. The van der Waals surface area contributed by atoms with Crippen molar-refractivity contribution in [3.63, 3.8) is 0 Å². The number of carbonyl (C=O) groups excluding carboxylic acids is 1. The number of hydrogen-bond donors (Lipinski definition) is 1. The van der Waals surface area contributed by atoms with E-state index in [4.69, 9.17) is 0 Å². The molecule has 2 aromatic carbocycles. The van der Waals surface area contributed by atoms with Gasteiger partial charge in [-0.15, -0.1) is 0 Å². The second kappa shape index (κ2) is 7.62. The van der Waals surface area contributed by atoms with Crippen molar-refractivity contribution in [1.82, 2.24) is 0 Å². The molecular formula is C21H22F3NO2. The fraction of sp³-hybridized carbons (Fsp3) is 0.381. The molecule has 3 nitrogen and oxygen atoms in total. The van der Waals surface area contributed by atoms with E-state index in [-0.39, 0.29) is 12.1 Å². The standard InChI is InChI=1S/C21H22F3NO2/c1-2-3-4-7-12-25-13-17(20(27)21(22,23)24)19(26)16-11-10-14-8-5-6-9-15(14)18(16)25/h5-6,8-11,26H,2-4,7,12-13H2,1H3. The molecule has 0 amide bonds. The van der Waals surface area contributed by atoms with Crippen molar-refractivity contribution in [3.8, 4) is 0 Å². The molecule has 0 saturated carbocycles. The zero-order chi connectivity index (χ0) is 19.6. The first-order chi connectivity index (χ1) is 12.8. The first-order valence-electron chi connectivity index (χ1n) is 9.15. The van der Waals surface area contributed by atoms with Crippen LogP contribution in [0.2, 0.25) is 0 Å².